The van der Waals surface area contributed by atoms with Gasteiger partial charge in [-0.25, -0.2) is 0 Å². The molecular formula is C13H14F3NO2. The zero-order chi connectivity index (χ0) is 14.0. The van der Waals surface area contributed by atoms with Gasteiger partial charge in [0.05, 0.1) is 6.10 Å². The summed E-state index contributed by atoms with van der Waals surface area (Å²) < 4.78 is 38.9. The highest BCUT2D eigenvalue weighted by Crippen LogP contribution is 2.33. The van der Waals surface area contributed by atoms with Crippen molar-refractivity contribution in [2.24, 2.45) is 0 Å². The molecular weight excluding hydrogens is 259 g/mol. The van der Waals surface area contributed by atoms with Crippen molar-refractivity contribution in [2.45, 2.75) is 37.7 Å². The van der Waals surface area contributed by atoms with Crippen LogP contribution in [-0.2, 0) is 11.3 Å². The van der Waals surface area contributed by atoms with E-state index >= 15 is 0 Å². The van der Waals surface area contributed by atoms with E-state index in [-0.39, 0.29) is 19.4 Å². The van der Waals surface area contributed by atoms with Gasteiger partial charge in [0.25, 0.3) is 0 Å². The number of rotatable bonds is 2. The molecule has 0 aliphatic carbocycles. The number of amides is 1. The maximum atomic E-state index is 13.0. The molecule has 1 saturated heterocycles. The second-order valence-corrected chi connectivity index (χ2v) is 4.60. The van der Waals surface area contributed by atoms with Crippen LogP contribution in [0.15, 0.2) is 30.3 Å². The van der Waals surface area contributed by atoms with Gasteiger partial charge in [-0.3, -0.25) is 4.79 Å². The van der Waals surface area contributed by atoms with Crippen LogP contribution in [0.5, 0.6) is 0 Å². The summed E-state index contributed by atoms with van der Waals surface area (Å²) in [7, 11) is 0. The van der Waals surface area contributed by atoms with E-state index in [1.807, 2.05) is 0 Å². The summed E-state index contributed by atoms with van der Waals surface area (Å²) in [4.78, 5) is 12.4. The lowest BCUT2D eigenvalue weighted by Crippen LogP contribution is -2.57. The van der Waals surface area contributed by atoms with Gasteiger partial charge in [0.15, 0.2) is 6.04 Å². The number of aliphatic hydroxyl groups is 1. The van der Waals surface area contributed by atoms with Crippen LogP contribution in [0.3, 0.4) is 0 Å². The Morgan fingerprint density at radius 3 is 2.47 bits per heavy atom. The molecule has 0 saturated carbocycles. The molecule has 0 spiro atoms. The third kappa shape index (κ3) is 3.07. The van der Waals surface area contributed by atoms with Crippen molar-refractivity contribution in [1.82, 2.24) is 4.90 Å². The van der Waals surface area contributed by atoms with E-state index in [0.717, 1.165) is 4.90 Å². The maximum Gasteiger partial charge on any atom is 0.411 e. The Morgan fingerprint density at radius 1 is 1.26 bits per heavy atom. The number of halogens is 3. The molecule has 1 heterocycles. The Hall–Kier alpha value is -1.56. The fraction of sp³-hybridized carbons (Fsp3) is 0.462. The molecule has 0 aromatic heterocycles. The van der Waals surface area contributed by atoms with E-state index in [1.165, 1.54) is 0 Å². The normalized spacial score (nSPS) is 24.6. The second kappa shape index (κ2) is 5.21. The number of piperidine rings is 1. The lowest BCUT2D eigenvalue weighted by atomic mass is 9.97. The van der Waals surface area contributed by atoms with Gasteiger partial charge in [-0.15, -0.1) is 0 Å². The number of hydrogen-bond donors (Lipinski definition) is 1. The maximum absolute atomic E-state index is 13.0. The molecule has 0 radical (unpaired) electrons. The highest BCUT2D eigenvalue weighted by Gasteiger charge is 2.51. The van der Waals surface area contributed by atoms with Crippen molar-refractivity contribution in [1.29, 1.82) is 0 Å². The summed E-state index contributed by atoms with van der Waals surface area (Å²) in [5.41, 5.74) is 0.610. The number of carbonyl (C=O) groups excluding carboxylic acids is 1. The quantitative estimate of drug-likeness (QED) is 0.896. The molecule has 1 fully saturated rings. The fourth-order valence-corrected chi connectivity index (χ4v) is 2.30. The molecule has 2 rings (SSSR count). The van der Waals surface area contributed by atoms with Crippen molar-refractivity contribution < 1.29 is 23.1 Å². The Labute approximate surface area is 108 Å². The van der Waals surface area contributed by atoms with E-state index in [9.17, 15) is 23.1 Å². The molecule has 0 unspecified atom stereocenters. The topological polar surface area (TPSA) is 40.5 Å². The van der Waals surface area contributed by atoms with Crippen LogP contribution < -0.4 is 0 Å². The standard InChI is InChI=1S/C13H14F3NO2/c14-13(15,16)12-10(18)6-7-11(19)17(12)8-9-4-2-1-3-5-9/h1-5,10,12,18H,6-8H2/t10-,12-/m1/s1. The molecule has 1 aliphatic rings. The molecule has 1 aromatic rings. The predicted octanol–water partition coefficient (Wildman–Crippen LogP) is 2.10. The molecule has 1 aromatic carbocycles. The number of hydrogen-bond acceptors (Lipinski definition) is 2. The van der Waals surface area contributed by atoms with E-state index in [1.54, 1.807) is 30.3 Å². The van der Waals surface area contributed by atoms with Crippen LogP contribution in [0.25, 0.3) is 0 Å². The first-order valence-electron chi connectivity index (χ1n) is 5.98. The van der Waals surface area contributed by atoms with Crippen molar-refractivity contribution in [2.75, 3.05) is 0 Å². The van der Waals surface area contributed by atoms with Crippen molar-refractivity contribution in [3.05, 3.63) is 35.9 Å². The van der Waals surface area contributed by atoms with Gasteiger partial charge in [-0.1, -0.05) is 30.3 Å². The Balaban J connectivity index is 2.25. The molecule has 104 valence electrons. The SMILES string of the molecule is O=C1CC[C@@H](O)[C@H](C(F)(F)F)N1Cc1ccccc1. The van der Waals surface area contributed by atoms with Crippen LogP contribution in [-0.4, -0.2) is 34.2 Å². The zero-order valence-electron chi connectivity index (χ0n) is 10.1. The number of likely N-dealkylation sites (tertiary alicyclic amines) is 1. The predicted molar refractivity (Wildman–Crippen MR) is 62.1 cm³/mol. The highest BCUT2D eigenvalue weighted by atomic mass is 19.4. The number of benzene rings is 1. The lowest BCUT2D eigenvalue weighted by molar-refractivity contribution is -0.219. The van der Waals surface area contributed by atoms with Crippen molar-refractivity contribution in [3.8, 4) is 0 Å². The Bertz CT molecular complexity index is 447. The number of alkyl halides is 3. The number of carbonyl (C=O) groups is 1. The minimum Gasteiger partial charge on any atom is -0.391 e. The summed E-state index contributed by atoms with van der Waals surface area (Å²) >= 11 is 0. The Kier molecular flexibility index (Phi) is 3.80. The monoisotopic (exact) mass is 273 g/mol. The van der Waals surface area contributed by atoms with Gasteiger partial charge in [-0.05, 0) is 12.0 Å². The van der Waals surface area contributed by atoms with E-state index < -0.39 is 24.2 Å². The fourth-order valence-electron chi connectivity index (χ4n) is 2.30. The van der Waals surface area contributed by atoms with Crippen LogP contribution in [0.2, 0.25) is 0 Å². The highest BCUT2D eigenvalue weighted by molar-refractivity contribution is 5.77. The first kappa shape index (κ1) is 13.9. The third-order valence-electron chi connectivity index (χ3n) is 3.21. The smallest absolute Gasteiger partial charge is 0.391 e. The molecule has 3 nitrogen and oxygen atoms in total. The lowest BCUT2D eigenvalue weighted by Gasteiger charge is -2.39. The minimum atomic E-state index is -4.62. The summed E-state index contributed by atoms with van der Waals surface area (Å²) in [6, 6.07) is 6.33. The van der Waals surface area contributed by atoms with Crippen molar-refractivity contribution in [3.63, 3.8) is 0 Å². The van der Waals surface area contributed by atoms with E-state index in [0.29, 0.717) is 5.56 Å². The van der Waals surface area contributed by atoms with Gasteiger partial charge in [0, 0.05) is 13.0 Å². The van der Waals surface area contributed by atoms with Crippen LogP contribution in [0.1, 0.15) is 18.4 Å². The third-order valence-corrected chi connectivity index (χ3v) is 3.21. The Morgan fingerprint density at radius 2 is 1.89 bits per heavy atom. The summed E-state index contributed by atoms with van der Waals surface area (Å²) in [5, 5.41) is 9.56. The van der Waals surface area contributed by atoms with Crippen molar-refractivity contribution >= 4 is 5.91 Å². The summed E-state index contributed by atoms with van der Waals surface area (Å²) in [6.45, 7) is -0.138. The molecule has 1 N–H and O–H groups in total. The number of aliphatic hydroxyl groups excluding tert-OH is 1. The van der Waals surface area contributed by atoms with Gasteiger partial charge in [0.1, 0.15) is 0 Å². The van der Waals surface area contributed by atoms with E-state index in [4.69, 9.17) is 0 Å². The first-order chi connectivity index (χ1) is 8.89. The second-order valence-electron chi connectivity index (χ2n) is 4.60. The largest absolute Gasteiger partial charge is 0.411 e. The zero-order valence-corrected chi connectivity index (χ0v) is 10.1. The minimum absolute atomic E-state index is 0.0550. The average molecular weight is 273 g/mol. The van der Waals surface area contributed by atoms with Gasteiger partial charge in [-0.2, -0.15) is 13.2 Å². The van der Waals surface area contributed by atoms with Gasteiger partial charge >= 0.3 is 6.18 Å². The van der Waals surface area contributed by atoms with Crippen LogP contribution in [0, 0.1) is 0 Å². The summed E-state index contributed by atoms with van der Waals surface area (Å²) in [5.74, 6) is -0.573. The molecule has 1 amide bonds. The summed E-state index contributed by atoms with van der Waals surface area (Å²) in [6.07, 6.45) is -6.37. The molecule has 19 heavy (non-hydrogen) atoms. The van der Waals surface area contributed by atoms with Crippen LogP contribution >= 0.6 is 0 Å². The molecule has 1 aliphatic heterocycles. The first-order valence-corrected chi connectivity index (χ1v) is 5.98. The van der Waals surface area contributed by atoms with Gasteiger partial charge < -0.3 is 10.0 Å². The van der Waals surface area contributed by atoms with Gasteiger partial charge in [0.2, 0.25) is 5.91 Å². The molecule has 0 bridgehead atoms. The molecule has 6 heteroatoms. The number of nitrogens with zero attached hydrogens (tertiary/aromatic N) is 1. The van der Waals surface area contributed by atoms with Crippen LogP contribution in [0.4, 0.5) is 13.2 Å². The average Bonchev–Trinajstić information content (AvgIpc) is 2.33. The molecule has 2 atom stereocenters. The van der Waals surface area contributed by atoms with E-state index in [2.05, 4.69) is 0 Å².